The quantitative estimate of drug-likeness (QED) is 0.778. The predicted molar refractivity (Wildman–Crippen MR) is 92.8 cm³/mol. The van der Waals surface area contributed by atoms with Crippen LogP contribution in [0.15, 0.2) is 53.0 Å². The number of ether oxygens (including phenoxy) is 1. The lowest BCUT2D eigenvalue weighted by Crippen LogP contribution is -2.38. The summed E-state index contributed by atoms with van der Waals surface area (Å²) in [6.45, 7) is 7.98. The largest absolute Gasteiger partial charge is 0.492 e. The van der Waals surface area contributed by atoms with Gasteiger partial charge < -0.3 is 10.1 Å². The molecular weight excluding hydrogens is 326 g/mol. The molecule has 0 spiro atoms. The highest BCUT2D eigenvalue weighted by Gasteiger charge is 2.07. The van der Waals surface area contributed by atoms with Gasteiger partial charge in [-0.1, -0.05) is 40.2 Å². The maximum absolute atomic E-state index is 5.74. The van der Waals surface area contributed by atoms with Crippen molar-refractivity contribution in [3.63, 3.8) is 0 Å². The molecule has 0 saturated carbocycles. The summed E-state index contributed by atoms with van der Waals surface area (Å²) in [5, 5.41) is 3.41. The number of nitrogens with one attached hydrogen (secondary N) is 1. The number of hydrogen-bond acceptors (Lipinski definition) is 2. The molecule has 112 valence electrons. The van der Waals surface area contributed by atoms with Gasteiger partial charge in [-0.15, -0.1) is 0 Å². The van der Waals surface area contributed by atoms with Crippen LogP contribution in [0.2, 0.25) is 0 Å². The Morgan fingerprint density at radius 1 is 0.905 bits per heavy atom. The molecule has 0 aliphatic rings. The Morgan fingerprint density at radius 2 is 1.43 bits per heavy atom. The summed E-state index contributed by atoms with van der Waals surface area (Å²) in [6, 6.07) is 16.5. The van der Waals surface area contributed by atoms with Gasteiger partial charge in [-0.25, -0.2) is 0 Å². The van der Waals surface area contributed by atoms with Crippen LogP contribution in [0.4, 0.5) is 0 Å². The zero-order valence-corrected chi connectivity index (χ0v) is 14.4. The molecule has 3 heteroatoms. The molecule has 0 unspecified atom stereocenters. The SMILES string of the molecule is CC(C)(C)NCCOc1ccc(-c2ccc(Br)cc2)cc1. The van der Waals surface area contributed by atoms with Crippen molar-refractivity contribution < 1.29 is 4.74 Å². The van der Waals surface area contributed by atoms with E-state index in [0.29, 0.717) is 6.61 Å². The van der Waals surface area contributed by atoms with Crippen LogP contribution in [0.3, 0.4) is 0 Å². The van der Waals surface area contributed by atoms with E-state index >= 15 is 0 Å². The van der Waals surface area contributed by atoms with Gasteiger partial charge in [0.05, 0.1) is 0 Å². The monoisotopic (exact) mass is 347 g/mol. The Morgan fingerprint density at radius 3 is 1.95 bits per heavy atom. The van der Waals surface area contributed by atoms with E-state index in [9.17, 15) is 0 Å². The Balaban J connectivity index is 1.89. The lowest BCUT2D eigenvalue weighted by molar-refractivity contribution is 0.291. The Bertz CT molecular complexity index is 555. The van der Waals surface area contributed by atoms with Crippen molar-refractivity contribution >= 4 is 15.9 Å². The van der Waals surface area contributed by atoms with Gasteiger partial charge in [-0.05, 0) is 56.2 Å². The summed E-state index contributed by atoms with van der Waals surface area (Å²) >= 11 is 3.45. The van der Waals surface area contributed by atoms with Crippen molar-refractivity contribution in [2.24, 2.45) is 0 Å². The Labute approximate surface area is 135 Å². The maximum atomic E-state index is 5.74. The maximum Gasteiger partial charge on any atom is 0.119 e. The van der Waals surface area contributed by atoms with Gasteiger partial charge in [-0.3, -0.25) is 0 Å². The van der Waals surface area contributed by atoms with Crippen LogP contribution in [-0.2, 0) is 0 Å². The van der Waals surface area contributed by atoms with E-state index in [0.717, 1.165) is 16.8 Å². The second-order valence-corrected chi connectivity index (χ2v) is 6.97. The Hall–Kier alpha value is -1.32. The van der Waals surface area contributed by atoms with Gasteiger partial charge >= 0.3 is 0 Å². The van der Waals surface area contributed by atoms with Gasteiger partial charge in [0.25, 0.3) is 0 Å². The molecule has 0 heterocycles. The van der Waals surface area contributed by atoms with Crippen LogP contribution in [0.1, 0.15) is 20.8 Å². The van der Waals surface area contributed by atoms with Gasteiger partial charge in [0.2, 0.25) is 0 Å². The molecule has 0 radical (unpaired) electrons. The molecule has 0 aliphatic carbocycles. The first-order valence-corrected chi connectivity index (χ1v) is 7.97. The molecule has 21 heavy (non-hydrogen) atoms. The molecule has 0 amide bonds. The summed E-state index contributed by atoms with van der Waals surface area (Å²) in [6.07, 6.45) is 0. The van der Waals surface area contributed by atoms with Gasteiger partial charge in [-0.2, -0.15) is 0 Å². The second kappa shape index (κ2) is 7.10. The van der Waals surface area contributed by atoms with Crippen LogP contribution < -0.4 is 10.1 Å². The molecular formula is C18H22BrNO. The lowest BCUT2D eigenvalue weighted by atomic mass is 10.1. The third-order valence-corrected chi connectivity index (χ3v) is 3.59. The Kier molecular flexibility index (Phi) is 5.43. The van der Waals surface area contributed by atoms with Crippen molar-refractivity contribution in [3.05, 3.63) is 53.0 Å². The molecule has 2 rings (SSSR count). The summed E-state index contributed by atoms with van der Waals surface area (Å²) < 4.78 is 6.84. The molecule has 0 aliphatic heterocycles. The van der Waals surface area contributed by atoms with Crippen LogP contribution in [0.5, 0.6) is 5.75 Å². The fourth-order valence-electron chi connectivity index (χ4n) is 1.98. The second-order valence-electron chi connectivity index (χ2n) is 6.06. The van der Waals surface area contributed by atoms with Crippen molar-refractivity contribution in [2.75, 3.05) is 13.2 Å². The molecule has 2 nitrogen and oxygen atoms in total. The number of benzene rings is 2. The van der Waals surface area contributed by atoms with E-state index < -0.39 is 0 Å². The number of halogens is 1. The predicted octanol–water partition coefficient (Wildman–Crippen LogP) is 4.88. The summed E-state index contributed by atoms with van der Waals surface area (Å²) in [5.74, 6) is 0.909. The summed E-state index contributed by atoms with van der Waals surface area (Å²) in [7, 11) is 0. The van der Waals surface area contributed by atoms with Crippen LogP contribution in [0.25, 0.3) is 11.1 Å². The van der Waals surface area contributed by atoms with Crippen molar-refractivity contribution in [2.45, 2.75) is 26.3 Å². The highest BCUT2D eigenvalue weighted by Crippen LogP contribution is 2.24. The third-order valence-electron chi connectivity index (χ3n) is 3.06. The minimum Gasteiger partial charge on any atom is -0.492 e. The molecule has 1 N–H and O–H groups in total. The van der Waals surface area contributed by atoms with Crippen LogP contribution in [-0.4, -0.2) is 18.7 Å². The minimum atomic E-state index is 0.134. The first kappa shape index (κ1) is 16.1. The molecule has 0 atom stereocenters. The zero-order valence-electron chi connectivity index (χ0n) is 12.8. The molecule has 2 aromatic carbocycles. The van der Waals surface area contributed by atoms with E-state index in [2.05, 4.69) is 78.4 Å². The molecule has 0 saturated heterocycles. The van der Waals surface area contributed by atoms with Crippen LogP contribution >= 0.6 is 15.9 Å². The normalized spacial score (nSPS) is 11.4. The van der Waals surface area contributed by atoms with Crippen LogP contribution in [0, 0.1) is 0 Å². The summed E-state index contributed by atoms with van der Waals surface area (Å²) in [5.41, 5.74) is 2.54. The number of hydrogen-bond donors (Lipinski definition) is 1. The topological polar surface area (TPSA) is 21.3 Å². The minimum absolute atomic E-state index is 0.134. The third kappa shape index (κ3) is 5.52. The smallest absolute Gasteiger partial charge is 0.119 e. The fraction of sp³-hybridized carbons (Fsp3) is 0.333. The lowest BCUT2D eigenvalue weighted by Gasteiger charge is -2.20. The highest BCUT2D eigenvalue weighted by molar-refractivity contribution is 9.10. The first-order valence-electron chi connectivity index (χ1n) is 7.18. The van der Waals surface area contributed by atoms with Gasteiger partial charge in [0, 0.05) is 16.6 Å². The van der Waals surface area contributed by atoms with E-state index in [1.807, 2.05) is 12.1 Å². The van der Waals surface area contributed by atoms with E-state index in [-0.39, 0.29) is 5.54 Å². The molecule has 0 fully saturated rings. The molecule has 2 aromatic rings. The molecule has 0 aromatic heterocycles. The zero-order chi connectivity index (χ0) is 15.3. The average Bonchev–Trinajstić information content (AvgIpc) is 2.44. The van der Waals surface area contributed by atoms with Gasteiger partial charge in [0.1, 0.15) is 12.4 Å². The highest BCUT2D eigenvalue weighted by atomic mass is 79.9. The van der Waals surface area contributed by atoms with E-state index in [1.54, 1.807) is 0 Å². The molecule has 0 bridgehead atoms. The van der Waals surface area contributed by atoms with E-state index in [4.69, 9.17) is 4.74 Å². The number of rotatable bonds is 5. The average molecular weight is 348 g/mol. The first-order chi connectivity index (χ1) is 9.94. The summed E-state index contributed by atoms with van der Waals surface area (Å²) in [4.78, 5) is 0. The van der Waals surface area contributed by atoms with Gasteiger partial charge in [0.15, 0.2) is 0 Å². The fourth-order valence-corrected chi connectivity index (χ4v) is 2.25. The van der Waals surface area contributed by atoms with Crippen molar-refractivity contribution in [3.8, 4) is 16.9 Å². The van der Waals surface area contributed by atoms with E-state index in [1.165, 1.54) is 11.1 Å². The van der Waals surface area contributed by atoms with Crippen molar-refractivity contribution in [1.29, 1.82) is 0 Å². The van der Waals surface area contributed by atoms with Crippen molar-refractivity contribution in [1.82, 2.24) is 5.32 Å². The standard InChI is InChI=1S/C18H22BrNO/c1-18(2,3)20-12-13-21-17-10-6-15(7-11-17)14-4-8-16(19)9-5-14/h4-11,20H,12-13H2,1-3H3.